The van der Waals surface area contributed by atoms with Gasteiger partial charge in [-0.25, -0.2) is 0 Å². The molecule has 94 valence electrons. The van der Waals surface area contributed by atoms with E-state index in [1.54, 1.807) is 6.07 Å². The second-order valence-electron chi connectivity index (χ2n) is 4.91. The summed E-state index contributed by atoms with van der Waals surface area (Å²) in [6.07, 6.45) is 3.98. The number of nitrogens with zero attached hydrogens (tertiary/aromatic N) is 1. The standard InChI is InChI=1S/C14H20BrNO/c1-2-11-5-7-16(8-6-11)10-12-3-4-14(17)13(15)9-12/h3-4,9,11,17H,2,5-8,10H2,1H3. The average molecular weight is 298 g/mol. The Labute approximate surface area is 112 Å². The zero-order valence-corrected chi connectivity index (χ0v) is 11.9. The molecule has 1 heterocycles. The van der Waals surface area contributed by atoms with Crippen molar-refractivity contribution in [3.63, 3.8) is 0 Å². The summed E-state index contributed by atoms with van der Waals surface area (Å²) >= 11 is 3.36. The number of hydrogen-bond acceptors (Lipinski definition) is 2. The number of benzene rings is 1. The minimum absolute atomic E-state index is 0.318. The molecule has 0 bridgehead atoms. The lowest BCUT2D eigenvalue weighted by molar-refractivity contribution is 0.175. The monoisotopic (exact) mass is 297 g/mol. The van der Waals surface area contributed by atoms with Gasteiger partial charge >= 0.3 is 0 Å². The van der Waals surface area contributed by atoms with Crippen LogP contribution >= 0.6 is 15.9 Å². The van der Waals surface area contributed by atoms with Gasteiger partial charge in [0.05, 0.1) is 4.47 Å². The van der Waals surface area contributed by atoms with Crippen molar-refractivity contribution >= 4 is 15.9 Å². The lowest BCUT2D eigenvalue weighted by atomic mass is 9.94. The summed E-state index contributed by atoms with van der Waals surface area (Å²) in [5, 5.41) is 9.46. The van der Waals surface area contributed by atoms with Crippen LogP contribution < -0.4 is 0 Å². The number of hydrogen-bond donors (Lipinski definition) is 1. The van der Waals surface area contributed by atoms with E-state index in [1.165, 1.54) is 37.9 Å². The van der Waals surface area contributed by atoms with Crippen molar-refractivity contribution in [3.05, 3.63) is 28.2 Å². The van der Waals surface area contributed by atoms with Gasteiger partial charge in [-0.1, -0.05) is 19.4 Å². The topological polar surface area (TPSA) is 23.5 Å². The molecule has 3 heteroatoms. The van der Waals surface area contributed by atoms with Crippen molar-refractivity contribution in [2.75, 3.05) is 13.1 Å². The maximum atomic E-state index is 9.46. The fraction of sp³-hybridized carbons (Fsp3) is 0.571. The number of likely N-dealkylation sites (tertiary alicyclic amines) is 1. The van der Waals surface area contributed by atoms with E-state index < -0.39 is 0 Å². The van der Waals surface area contributed by atoms with Gasteiger partial charge in [-0.05, 0) is 65.5 Å². The van der Waals surface area contributed by atoms with E-state index in [2.05, 4.69) is 27.8 Å². The summed E-state index contributed by atoms with van der Waals surface area (Å²) in [6, 6.07) is 5.78. The molecule has 1 aromatic carbocycles. The molecular formula is C14H20BrNO. The Hall–Kier alpha value is -0.540. The van der Waals surface area contributed by atoms with E-state index in [4.69, 9.17) is 0 Å². The van der Waals surface area contributed by atoms with Crippen LogP contribution in [0.4, 0.5) is 0 Å². The number of halogens is 1. The zero-order valence-electron chi connectivity index (χ0n) is 10.3. The van der Waals surface area contributed by atoms with Gasteiger partial charge in [0, 0.05) is 6.54 Å². The Morgan fingerprint density at radius 2 is 2.06 bits per heavy atom. The SMILES string of the molecule is CCC1CCN(Cc2ccc(O)c(Br)c2)CC1. The first kappa shape index (κ1) is 12.9. The van der Waals surface area contributed by atoms with Crippen LogP contribution in [0.5, 0.6) is 5.75 Å². The van der Waals surface area contributed by atoms with Gasteiger partial charge in [0.2, 0.25) is 0 Å². The molecule has 0 aromatic heterocycles. The third-order valence-electron chi connectivity index (χ3n) is 3.70. The molecular weight excluding hydrogens is 278 g/mol. The maximum Gasteiger partial charge on any atom is 0.129 e. The molecule has 1 aliphatic heterocycles. The molecule has 1 aliphatic rings. The van der Waals surface area contributed by atoms with Crippen LogP contribution in [0.1, 0.15) is 31.7 Å². The van der Waals surface area contributed by atoms with Crippen molar-refractivity contribution < 1.29 is 5.11 Å². The minimum Gasteiger partial charge on any atom is -0.507 e. The lowest BCUT2D eigenvalue weighted by Crippen LogP contribution is -2.32. The van der Waals surface area contributed by atoms with E-state index in [9.17, 15) is 5.11 Å². The van der Waals surface area contributed by atoms with Crippen molar-refractivity contribution in [2.24, 2.45) is 5.92 Å². The van der Waals surface area contributed by atoms with Crippen LogP contribution in [0.15, 0.2) is 22.7 Å². The summed E-state index contributed by atoms with van der Waals surface area (Å²) in [4.78, 5) is 2.50. The van der Waals surface area contributed by atoms with Gasteiger partial charge in [-0.2, -0.15) is 0 Å². The van der Waals surface area contributed by atoms with Crippen LogP contribution in [-0.2, 0) is 6.54 Å². The van der Waals surface area contributed by atoms with Crippen molar-refractivity contribution in [2.45, 2.75) is 32.7 Å². The molecule has 0 unspecified atom stereocenters. The fourth-order valence-corrected chi connectivity index (χ4v) is 2.89. The van der Waals surface area contributed by atoms with Gasteiger partial charge in [0.15, 0.2) is 0 Å². The maximum absolute atomic E-state index is 9.46. The van der Waals surface area contributed by atoms with Gasteiger partial charge < -0.3 is 5.11 Å². The first-order chi connectivity index (χ1) is 8.19. The molecule has 0 spiro atoms. The van der Waals surface area contributed by atoms with Crippen LogP contribution in [0.3, 0.4) is 0 Å². The summed E-state index contributed by atoms with van der Waals surface area (Å²) in [5.74, 6) is 1.25. The van der Waals surface area contributed by atoms with Crippen molar-refractivity contribution in [3.8, 4) is 5.75 Å². The van der Waals surface area contributed by atoms with Crippen LogP contribution in [-0.4, -0.2) is 23.1 Å². The first-order valence-electron chi connectivity index (χ1n) is 6.38. The Morgan fingerprint density at radius 1 is 1.35 bits per heavy atom. The summed E-state index contributed by atoms with van der Waals surface area (Å²) in [5.41, 5.74) is 1.27. The highest BCUT2D eigenvalue weighted by Crippen LogP contribution is 2.26. The predicted octanol–water partition coefficient (Wildman–Crippen LogP) is 3.78. The normalized spacial score (nSPS) is 18.5. The van der Waals surface area contributed by atoms with E-state index in [-0.39, 0.29) is 0 Å². The summed E-state index contributed by atoms with van der Waals surface area (Å²) < 4.78 is 0.790. The molecule has 1 aromatic rings. The summed E-state index contributed by atoms with van der Waals surface area (Å²) in [6.45, 7) is 5.70. The third-order valence-corrected chi connectivity index (χ3v) is 4.34. The number of aromatic hydroxyl groups is 1. The highest BCUT2D eigenvalue weighted by molar-refractivity contribution is 9.10. The molecule has 2 rings (SSSR count). The third kappa shape index (κ3) is 3.46. The molecule has 1 saturated heterocycles. The first-order valence-corrected chi connectivity index (χ1v) is 7.18. The molecule has 0 radical (unpaired) electrons. The van der Waals surface area contributed by atoms with E-state index in [1.807, 2.05) is 12.1 Å². The minimum atomic E-state index is 0.318. The van der Waals surface area contributed by atoms with Gasteiger partial charge in [0.1, 0.15) is 5.75 Å². The quantitative estimate of drug-likeness (QED) is 0.918. The molecule has 2 nitrogen and oxygen atoms in total. The molecule has 17 heavy (non-hydrogen) atoms. The van der Waals surface area contributed by atoms with E-state index in [0.29, 0.717) is 5.75 Å². The Bertz CT molecular complexity index is 372. The van der Waals surface area contributed by atoms with Crippen LogP contribution in [0.25, 0.3) is 0 Å². The number of phenolic OH excluding ortho intramolecular Hbond substituents is 1. The summed E-state index contributed by atoms with van der Waals surface area (Å²) in [7, 11) is 0. The lowest BCUT2D eigenvalue weighted by Gasteiger charge is -2.31. The highest BCUT2D eigenvalue weighted by Gasteiger charge is 2.17. The van der Waals surface area contributed by atoms with Crippen LogP contribution in [0.2, 0.25) is 0 Å². The van der Waals surface area contributed by atoms with Crippen molar-refractivity contribution in [1.82, 2.24) is 4.90 Å². The van der Waals surface area contributed by atoms with E-state index >= 15 is 0 Å². The second-order valence-corrected chi connectivity index (χ2v) is 5.77. The molecule has 0 atom stereocenters. The Kier molecular flexibility index (Phi) is 4.46. The highest BCUT2D eigenvalue weighted by atomic mass is 79.9. The molecule has 0 saturated carbocycles. The largest absolute Gasteiger partial charge is 0.507 e. The average Bonchev–Trinajstić information content (AvgIpc) is 2.35. The Balaban J connectivity index is 1.91. The molecule has 1 N–H and O–H groups in total. The van der Waals surface area contributed by atoms with Gasteiger partial charge in [-0.15, -0.1) is 0 Å². The zero-order chi connectivity index (χ0) is 12.3. The number of phenols is 1. The van der Waals surface area contributed by atoms with Crippen molar-refractivity contribution in [1.29, 1.82) is 0 Å². The predicted molar refractivity (Wildman–Crippen MR) is 74.1 cm³/mol. The number of rotatable bonds is 3. The molecule has 0 aliphatic carbocycles. The second kappa shape index (κ2) is 5.87. The van der Waals surface area contributed by atoms with Crippen LogP contribution in [0, 0.1) is 5.92 Å². The number of piperidine rings is 1. The fourth-order valence-electron chi connectivity index (χ4n) is 2.46. The Morgan fingerprint density at radius 3 is 2.65 bits per heavy atom. The van der Waals surface area contributed by atoms with Gasteiger partial charge in [0.25, 0.3) is 0 Å². The molecule has 0 amide bonds. The smallest absolute Gasteiger partial charge is 0.129 e. The van der Waals surface area contributed by atoms with Gasteiger partial charge in [-0.3, -0.25) is 4.90 Å². The molecule has 1 fully saturated rings. The van der Waals surface area contributed by atoms with E-state index in [0.717, 1.165) is 16.9 Å².